The topological polar surface area (TPSA) is 59.6 Å². The Bertz CT molecular complexity index is 833. The first-order valence-electron chi connectivity index (χ1n) is 8.34. The molecule has 5 nitrogen and oxygen atoms in total. The minimum Gasteiger partial charge on any atom is -0.493 e. The quantitative estimate of drug-likeness (QED) is 0.761. The molecule has 0 radical (unpaired) electrons. The van der Waals surface area contributed by atoms with Crippen LogP contribution in [0.5, 0.6) is 11.5 Å². The number of carbonyl (C=O) groups is 1. The van der Waals surface area contributed by atoms with Crippen LogP contribution in [0.25, 0.3) is 0 Å². The number of carbonyl (C=O) groups excluding carboxylic acids is 1. The summed E-state index contributed by atoms with van der Waals surface area (Å²) in [6.07, 6.45) is -3.88. The van der Waals surface area contributed by atoms with Crippen LogP contribution in [0.3, 0.4) is 0 Å². The summed E-state index contributed by atoms with van der Waals surface area (Å²) in [5, 5.41) is 5.28. The van der Waals surface area contributed by atoms with Crippen molar-refractivity contribution < 1.29 is 27.4 Å². The summed E-state index contributed by atoms with van der Waals surface area (Å²) in [6, 6.07) is 9.82. The zero-order valence-electron chi connectivity index (χ0n) is 14.8. The molecule has 2 amide bonds. The highest BCUT2D eigenvalue weighted by atomic mass is 19.4. The van der Waals surface area contributed by atoms with Gasteiger partial charge in [0.05, 0.1) is 6.61 Å². The summed E-state index contributed by atoms with van der Waals surface area (Å²) in [5.74, 6) is 0.447. The average Bonchev–Trinajstić information content (AvgIpc) is 2.56. The number of amides is 2. The van der Waals surface area contributed by atoms with Crippen LogP contribution in [0.2, 0.25) is 0 Å². The lowest BCUT2D eigenvalue weighted by Crippen LogP contribution is -2.27. The zero-order chi connectivity index (χ0) is 19.7. The second kappa shape index (κ2) is 7.02. The Labute approximate surface area is 154 Å². The number of fused-ring (bicyclic) bond motifs is 1. The molecular formula is C19H19F3N2O3. The Hall–Kier alpha value is -2.90. The minimum absolute atomic E-state index is 0.0595. The highest BCUT2D eigenvalue weighted by Crippen LogP contribution is 2.39. The molecule has 27 heavy (non-hydrogen) atoms. The lowest BCUT2D eigenvalue weighted by Gasteiger charge is -2.32. The maximum absolute atomic E-state index is 12.2. The van der Waals surface area contributed by atoms with Gasteiger partial charge in [-0.1, -0.05) is 13.8 Å². The third-order valence-electron chi connectivity index (χ3n) is 4.30. The van der Waals surface area contributed by atoms with Gasteiger partial charge in [-0.2, -0.15) is 0 Å². The fourth-order valence-electron chi connectivity index (χ4n) is 2.85. The van der Waals surface area contributed by atoms with Crippen molar-refractivity contribution in [3.63, 3.8) is 0 Å². The van der Waals surface area contributed by atoms with Gasteiger partial charge in [-0.25, -0.2) is 4.79 Å². The molecule has 0 bridgehead atoms. The second-order valence-electron chi connectivity index (χ2n) is 6.84. The van der Waals surface area contributed by atoms with Gasteiger partial charge >= 0.3 is 12.4 Å². The monoisotopic (exact) mass is 380 g/mol. The van der Waals surface area contributed by atoms with Crippen LogP contribution in [0.1, 0.15) is 25.8 Å². The van der Waals surface area contributed by atoms with Crippen molar-refractivity contribution >= 4 is 17.4 Å². The molecule has 2 aromatic rings. The van der Waals surface area contributed by atoms with E-state index in [0.717, 1.165) is 29.9 Å². The molecule has 0 aliphatic carbocycles. The van der Waals surface area contributed by atoms with Gasteiger partial charge in [0.25, 0.3) is 0 Å². The van der Waals surface area contributed by atoms with Gasteiger partial charge in [-0.05, 0) is 54.3 Å². The smallest absolute Gasteiger partial charge is 0.493 e. The number of hydrogen-bond acceptors (Lipinski definition) is 3. The van der Waals surface area contributed by atoms with E-state index in [1.807, 2.05) is 12.1 Å². The number of halogens is 3. The molecule has 0 atom stereocenters. The molecule has 8 heteroatoms. The van der Waals surface area contributed by atoms with Gasteiger partial charge in [0, 0.05) is 16.9 Å². The summed E-state index contributed by atoms with van der Waals surface area (Å²) in [7, 11) is 0. The average molecular weight is 380 g/mol. The maximum atomic E-state index is 12.2. The molecule has 144 valence electrons. The molecular weight excluding hydrogens is 361 g/mol. The predicted octanol–water partition coefficient (Wildman–Crippen LogP) is 5.29. The maximum Gasteiger partial charge on any atom is 0.573 e. The molecule has 2 N–H and O–H groups in total. The fourth-order valence-corrected chi connectivity index (χ4v) is 2.85. The number of rotatable bonds is 3. The number of alkyl halides is 3. The minimum atomic E-state index is -4.75. The van der Waals surface area contributed by atoms with E-state index in [1.165, 1.54) is 12.1 Å². The standard InChI is InChI=1S/C19H19F3N2O3/c1-18(2)9-10-26-16-8-5-13(11-15(16)18)24-17(25)23-12-3-6-14(7-4-12)27-19(20,21)22/h3-8,11H,9-10H2,1-2H3,(H2,23,24,25). The third kappa shape index (κ3) is 4.84. The van der Waals surface area contributed by atoms with Crippen molar-refractivity contribution in [2.75, 3.05) is 17.2 Å². The van der Waals surface area contributed by atoms with Crippen LogP contribution in [-0.4, -0.2) is 19.0 Å². The van der Waals surface area contributed by atoms with Crippen molar-refractivity contribution in [2.24, 2.45) is 0 Å². The van der Waals surface area contributed by atoms with E-state index in [0.29, 0.717) is 18.0 Å². The largest absolute Gasteiger partial charge is 0.573 e. The first-order valence-corrected chi connectivity index (χ1v) is 8.34. The predicted molar refractivity (Wildman–Crippen MR) is 95.3 cm³/mol. The van der Waals surface area contributed by atoms with Crippen LogP contribution in [0.15, 0.2) is 42.5 Å². The summed E-state index contributed by atoms with van der Waals surface area (Å²) in [6.45, 7) is 4.88. The molecule has 0 fully saturated rings. The number of anilines is 2. The summed E-state index contributed by atoms with van der Waals surface area (Å²) in [4.78, 5) is 12.2. The Morgan fingerprint density at radius 3 is 2.37 bits per heavy atom. The van der Waals surface area contributed by atoms with Crippen LogP contribution >= 0.6 is 0 Å². The third-order valence-corrected chi connectivity index (χ3v) is 4.30. The van der Waals surface area contributed by atoms with Crippen molar-refractivity contribution in [2.45, 2.75) is 32.0 Å². The molecule has 0 unspecified atom stereocenters. The Balaban J connectivity index is 1.64. The van der Waals surface area contributed by atoms with Gasteiger partial charge in [0.1, 0.15) is 11.5 Å². The van der Waals surface area contributed by atoms with Crippen LogP contribution in [0, 0.1) is 0 Å². The molecule has 0 aromatic heterocycles. The van der Waals surface area contributed by atoms with E-state index in [1.54, 1.807) is 6.07 Å². The van der Waals surface area contributed by atoms with Crippen LogP contribution in [0.4, 0.5) is 29.3 Å². The normalized spacial score (nSPS) is 15.3. The van der Waals surface area contributed by atoms with Crippen LogP contribution < -0.4 is 20.1 Å². The highest BCUT2D eigenvalue weighted by molar-refractivity contribution is 5.99. The van der Waals surface area contributed by atoms with Crippen molar-refractivity contribution in [1.29, 1.82) is 0 Å². The van der Waals surface area contributed by atoms with Crippen molar-refractivity contribution in [3.05, 3.63) is 48.0 Å². The molecule has 0 saturated carbocycles. The van der Waals surface area contributed by atoms with Gasteiger partial charge < -0.3 is 20.1 Å². The van der Waals surface area contributed by atoms with E-state index in [9.17, 15) is 18.0 Å². The van der Waals surface area contributed by atoms with E-state index in [4.69, 9.17) is 4.74 Å². The molecule has 0 spiro atoms. The summed E-state index contributed by atoms with van der Waals surface area (Å²) in [5.41, 5.74) is 1.89. The van der Waals surface area contributed by atoms with Crippen molar-refractivity contribution in [1.82, 2.24) is 0 Å². The van der Waals surface area contributed by atoms with E-state index in [2.05, 4.69) is 29.2 Å². The molecule has 0 saturated heterocycles. The van der Waals surface area contributed by atoms with Gasteiger partial charge in [-0.15, -0.1) is 13.2 Å². The van der Waals surface area contributed by atoms with Crippen molar-refractivity contribution in [3.8, 4) is 11.5 Å². The molecule has 1 heterocycles. The Morgan fingerprint density at radius 1 is 1.07 bits per heavy atom. The fraction of sp³-hybridized carbons (Fsp3) is 0.316. The van der Waals surface area contributed by atoms with E-state index >= 15 is 0 Å². The number of hydrogen-bond donors (Lipinski definition) is 2. The van der Waals surface area contributed by atoms with Gasteiger partial charge in [-0.3, -0.25) is 0 Å². The number of nitrogens with one attached hydrogen (secondary N) is 2. The number of ether oxygens (including phenoxy) is 2. The molecule has 1 aliphatic heterocycles. The molecule has 1 aliphatic rings. The number of benzene rings is 2. The van der Waals surface area contributed by atoms with Gasteiger partial charge in [0.2, 0.25) is 0 Å². The van der Waals surface area contributed by atoms with Gasteiger partial charge in [0.15, 0.2) is 0 Å². The summed E-state index contributed by atoms with van der Waals surface area (Å²) < 4.78 is 45.9. The van der Waals surface area contributed by atoms with Crippen LogP contribution in [-0.2, 0) is 5.41 Å². The SMILES string of the molecule is CC1(C)CCOc2ccc(NC(=O)Nc3ccc(OC(F)(F)F)cc3)cc21. The first kappa shape index (κ1) is 18.9. The van der Waals surface area contributed by atoms with E-state index in [-0.39, 0.29) is 11.2 Å². The second-order valence-corrected chi connectivity index (χ2v) is 6.84. The lowest BCUT2D eigenvalue weighted by atomic mass is 9.80. The highest BCUT2D eigenvalue weighted by Gasteiger charge is 2.31. The Kier molecular flexibility index (Phi) is 4.91. The van der Waals surface area contributed by atoms with E-state index < -0.39 is 12.4 Å². The zero-order valence-corrected chi connectivity index (χ0v) is 14.8. The Morgan fingerprint density at radius 2 is 1.70 bits per heavy atom. The molecule has 3 rings (SSSR count). The first-order chi connectivity index (χ1) is 12.6. The number of urea groups is 1. The summed E-state index contributed by atoms with van der Waals surface area (Å²) >= 11 is 0. The molecule has 2 aromatic carbocycles. The lowest BCUT2D eigenvalue weighted by molar-refractivity contribution is -0.274.